The van der Waals surface area contributed by atoms with Gasteiger partial charge in [-0.15, -0.1) is 0 Å². The van der Waals surface area contributed by atoms with Crippen molar-refractivity contribution in [1.29, 1.82) is 0 Å². The Morgan fingerprint density at radius 1 is 1.04 bits per heavy atom. The minimum atomic E-state index is -2.91. The molecule has 1 aliphatic heterocycles. The van der Waals surface area contributed by atoms with Crippen LogP contribution in [0, 0.1) is 0 Å². The number of nitrogens with zero attached hydrogens (tertiary/aromatic N) is 1. The van der Waals surface area contributed by atoms with Crippen LogP contribution < -0.4 is 10.1 Å². The van der Waals surface area contributed by atoms with E-state index in [-0.39, 0.29) is 16.9 Å². The maximum Gasteiger partial charge on any atom is 0.387 e. The average Bonchev–Trinajstić information content (AvgIpc) is 2.87. The summed E-state index contributed by atoms with van der Waals surface area (Å²) in [5, 5.41) is 2.68. The molecule has 1 atom stereocenters. The van der Waals surface area contributed by atoms with Gasteiger partial charge in [0.25, 0.3) is 11.8 Å². The molecule has 0 bridgehead atoms. The van der Waals surface area contributed by atoms with Gasteiger partial charge in [-0.3, -0.25) is 19.3 Å². The third-order valence-electron chi connectivity index (χ3n) is 4.16. The molecule has 0 aromatic heterocycles. The van der Waals surface area contributed by atoms with Crippen molar-refractivity contribution in [2.75, 3.05) is 6.54 Å². The lowest BCUT2D eigenvalue weighted by Gasteiger charge is -2.18. The predicted molar refractivity (Wildman–Crippen MR) is 91.4 cm³/mol. The summed E-state index contributed by atoms with van der Waals surface area (Å²) in [5.74, 6) is -1.51. The Labute approximate surface area is 153 Å². The van der Waals surface area contributed by atoms with Crippen LogP contribution in [-0.2, 0) is 4.79 Å². The zero-order valence-corrected chi connectivity index (χ0v) is 14.3. The van der Waals surface area contributed by atoms with Crippen LogP contribution >= 0.6 is 0 Å². The van der Waals surface area contributed by atoms with E-state index in [0.717, 1.165) is 4.90 Å². The van der Waals surface area contributed by atoms with Crippen LogP contribution in [-0.4, -0.2) is 35.8 Å². The average molecular weight is 374 g/mol. The summed E-state index contributed by atoms with van der Waals surface area (Å²) in [7, 11) is 0. The number of hydrogen-bond donors (Lipinski definition) is 1. The van der Waals surface area contributed by atoms with Crippen molar-refractivity contribution < 1.29 is 27.9 Å². The highest BCUT2D eigenvalue weighted by molar-refractivity contribution is 6.22. The van der Waals surface area contributed by atoms with Crippen molar-refractivity contribution in [3.63, 3.8) is 0 Å². The Bertz CT molecular complexity index is 849. The second kappa shape index (κ2) is 7.53. The van der Waals surface area contributed by atoms with Gasteiger partial charge in [0.1, 0.15) is 12.3 Å². The minimum Gasteiger partial charge on any atom is -0.435 e. The molecule has 0 fully saturated rings. The first-order chi connectivity index (χ1) is 12.9. The van der Waals surface area contributed by atoms with E-state index in [2.05, 4.69) is 10.1 Å². The first kappa shape index (κ1) is 18.5. The van der Waals surface area contributed by atoms with Gasteiger partial charge in [0.2, 0.25) is 5.91 Å². The number of ether oxygens (including phenoxy) is 1. The molecule has 0 aliphatic carbocycles. The van der Waals surface area contributed by atoms with Gasteiger partial charge in [0.15, 0.2) is 0 Å². The number of amides is 3. The fourth-order valence-electron chi connectivity index (χ4n) is 2.83. The summed E-state index contributed by atoms with van der Waals surface area (Å²) in [6.45, 7) is -1.61. The molecule has 2 aromatic carbocycles. The van der Waals surface area contributed by atoms with Crippen LogP contribution in [0.15, 0.2) is 48.5 Å². The van der Waals surface area contributed by atoms with E-state index in [1.807, 2.05) is 0 Å². The van der Waals surface area contributed by atoms with Gasteiger partial charge in [0.05, 0.1) is 17.2 Å². The number of carbonyl (C=O) groups is 3. The van der Waals surface area contributed by atoms with Crippen molar-refractivity contribution in [3.8, 4) is 5.75 Å². The molecule has 0 saturated carbocycles. The normalized spacial score (nSPS) is 14.3. The SMILES string of the molecule is C[C@@H](NC(=O)CN1C(=O)c2ccccc2C1=O)c1ccc(OC(F)F)cc1. The van der Waals surface area contributed by atoms with E-state index in [9.17, 15) is 23.2 Å². The standard InChI is InChI=1S/C19H16F2N2O4/c1-11(12-6-8-13(9-7-12)27-19(20)21)22-16(24)10-23-17(25)14-4-2-3-5-15(14)18(23)26/h2-9,11,19H,10H2,1H3,(H,22,24)/t11-/m1/s1. The summed E-state index contributed by atoms with van der Waals surface area (Å²) < 4.78 is 28.6. The summed E-state index contributed by atoms with van der Waals surface area (Å²) in [6, 6.07) is 11.8. The third-order valence-corrected chi connectivity index (χ3v) is 4.16. The summed E-state index contributed by atoms with van der Waals surface area (Å²) in [5.41, 5.74) is 1.21. The van der Waals surface area contributed by atoms with E-state index >= 15 is 0 Å². The summed E-state index contributed by atoms with van der Waals surface area (Å²) >= 11 is 0. The molecule has 1 N–H and O–H groups in total. The maximum atomic E-state index is 12.3. The molecule has 0 radical (unpaired) electrons. The smallest absolute Gasteiger partial charge is 0.387 e. The number of rotatable bonds is 6. The highest BCUT2D eigenvalue weighted by Crippen LogP contribution is 2.22. The van der Waals surface area contributed by atoms with Gasteiger partial charge in [-0.1, -0.05) is 24.3 Å². The van der Waals surface area contributed by atoms with E-state index in [1.54, 1.807) is 43.3 Å². The van der Waals surface area contributed by atoms with Gasteiger partial charge in [-0.2, -0.15) is 8.78 Å². The topological polar surface area (TPSA) is 75.7 Å². The van der Waals surface area contributed by atoms with E-state index < -0.39 is 36.9 Å². The fraction of sp³-hybridized carbons (Fsp3) is 0.211. The zero-order chi connectivity index (χ0) is 19.6. The molecule has 1 heterocycles. The highest BCUT2D eigenvalue weighted by Gasteiger charge is 2.36. The second-order valence-electron chi connectivity index (χ2n) is 5.98. The van der Waals surface area contributed by atoms with Crippen molar-refractivity contribution in [3.05, 3.63) is 65.2 Å². The largest absolute Gasteiger partial charge is 0.435 e. The Hall–Kier alpha value is -3.29. The van der Waals surface area contributed by atoms with Crippen LogP contribution in [0.1, 0.15) is 39.2 Å². The summed E-state index contributed by atoms with van der Waals surface area (Å²) in [6.07, 6.45) is 0. The first-order valence-corrected chi connectivity index (χ1v) is 8.16. The minimum absolute atomic E-state index is 0.0123. The molecule has 0 spiro atoms. The molecule has 3 amide bonds. The molecule has 2 aromatic rings. The van der Waals surface area contributed by atoms with Crippen molar-refractivity contribution in [1.82, 2.24) is 10.2 Å². The Balaban J connectivity index is 1.61. The third kappa shape index (κ3) is 3.94. The molecule has 0 unspecified atom stereocenters. The van der Waals surface area contributed by atoms with Crippen LogP contribution in [0.5, 0.6) is 5.75 Å². The quantitative estimate of drug-likeness (QED) is 0.789. The van der Waals surface area contributed by atoms with E-state index in [1.165, 1.54) is 12.1 Å². The number of hydrogen-bond acceptors (Lipinski definition) is 4. The zero-order valence-electron chi connectivity index (χ0n) is 14.3. The molecular formula is C19H16F2N2O4. The number of alkyl halides is 2. The monoisotopic (exact) mass is 374 g/mol. The maximum absolute atomic E-state index is 12.3. The predicted octanol–water partition coefficient (Wildman–Crippen LogP) is 2.76. The van der Waals surface area contributed by atoms with Crippen LogP contribution in [0.3, 0.4) is 0 Å². The van der Waals surface area contributed by atoms with Crippen LogP contribution in [0.4, 0.5) is 8.78 Å². The van der Waals surface area contributed by atoms with Crippen molar-refractivity contribution >= 4 is 17.7 Å². The van der Waals surface area contributed by atoms with E-state index in [4.69, 9.17) is 0 Å². The number of halogens is 2. The van der Waals surface area contributed by atoms with Crippen molar-refractivity contribution in [2.45, 2.75) is 19.6 Å². The van der Waals surface area contributed by atoms with E-state index in [0.29, 0.717) is 5.56 Å². The van der Waals surface area contributed by atoms with Gasteiger partial charge < -0.3 is 10.1 Å². The molecule has 1 aliphatic rings. The number of fused-ring (bicyclic) bond motifs is 1. The van der Waals surface area contributed by atoms with Crippen LogP contribution in [0.2, 0.25) is 0 Å². The van der Waals surface area contributed by atoms with Gasteiger partial charge >= 0.3 is 6.61 Å². The molecule has 3 rings (SSSR count). The lowest BCUT2D eigenvalue weighted by molar-refractivity contribution is -0.122. The summed E-state index contributed by atoms with van der Waals surface area (Å²) in [4.78, 5) is 37.7. The lowest BCUT2D eigenvalue weighted by atomic mass is 10.1. The molecule has 140 valence electrons. The van der Waals surface area contributed by atoms with Crippen LogP contribution in [0.25, 0.3) is 0 Å². The Kier molecular flexibility index (Phi) is 5.16. The first-order valence-electron chi connectivity index (χ1n) is 8.16. The Morgan fingerprint density at radius 3 is 2.11 bits per heavy atom. The fourth-order valence-corrected chi connectivity index (χ4v) is 2.83. The number of carbonyl (C=O) groups excluding carboxylic acids is 3. The molecule has 0 saturated heterocycles. The Morgan fingerprint density at radius 2 is 1.59 bits per heavy atom. The lowest BCUT2D eigenvalue weighted by Crippen LogP contribution is -2.41. The number of benzene rings is 2. The van der Waals surface area contributed by atoms with Crippen molar-refractivity contribution in [2.24, 2.45) is 0 Å². The highest BCUT2D eigenvalue weighted by atomic mass is 19.3. The second-order valence-corrected chi connectivity index (χ2v) is 5.98. The molecule has 8 heteroatoms. The number of imide groups is 1. The van der Waals surface area contributed by atoms with Gasteiger partial charge in [-0.25, -0.2) is 0 Å². The van der Waals surface area contributed by atoms with Gasteiger partial charge in [-0.05, 0) is 36.8 Å². The molecule has 6 nitrogen and oxygen atoms in total. The molecular weight excluding hydrogens is 358 g/mol. The van der Waals surface area contributed by atoms with Gasteiger partial charge in [0, 0.05) is 0 Å². The molecule has 27 heavy (non-hydrogen) atoms. The number of nitrogens with one attached hydrogen (secondary N) is 1.